The van der Waals surface area contributed by atoms with Gasteiger partial charge in [0.05, 0.1) is 11.3 Å². The quantitative estimate of drug-likeness (QED) is 0.489. The highest BCUT2D eigenvalue weighted by molar-refractivity contribution is 5.92. The fourth-order valence-corrected chi connectivity index (χ4v) is 3.60. The number of nitrogens with two attached hydrogens (primary N) is 2. The Kier molecular flexibility index (Phi) is 4.54. The van der Waals surface area contributed by atoms with Crippen molar-refractivity contribution in [2.45, 2.75) is 0 Å². The Labute approximate surface area is 177 Å². The number of hydrogen-bond donors (Lipinski definition) is 2. The highest BCUT2D eigenvalue weighted by atomic mass is 16.1. The van der Waals surface area contributed by atoms with E-state index >= 15 is 0 Å². The lowest BCUT2D eigenvalue weighted by atomic mass is 10.2. The first-order valence-electron chi connectivity index (χ1n) is 9.77. The van der Waals surface area contributed by atoms with E-state index in [0.717, 1.165) is 24.6 Å². The molecule has 1 amide bonds. The number of piperazine rings is 1. The maximum absolute atomic E-state index is 11.2. The molecule has 0 aliphatic carbocycles. The minimum absolute atomic E-state index is 0.346. The largest absolute Gasteiger partial charge is 0.382 e. The van der Waals surface area contributed by atoms with Crippen molar-refractivity contribution >= 4 is 34.7 Å². The maximum atomic E-state index is 11.2. The Morgan fingerprint density at radius 2 is 1.68 bits per heavy atom. The maximum Gasteiger partial charge on any atom is 0.250 e. The first kappa shape index (κ1) is 18.7. The summed E-state index contributed by atoms with van der Waals surface area (Å²) in [6, 6.07) is 7.27. The minimum Gasteiger partial charge on any atom is -0.382 e. The summed E-state index contributed by atoms with van der Waals surface area (Å²) in [6.07, 6.45) is 6.63. The van der Waals surface area contributed by atoms with Gasteiger partial charge in [-0.3, -0.25) is 14.3 Å². The molecule has 11 heteroatoms. The first-order chi connectivity index (χ1) is 15.1. The Balaban J connectivity index is 1.37. The molecular formula is C20H20N10O. The summed E-state index contributed by atoms with van der Waals surface area (Å²) in [5.41, 5.74) is 14.0. The van der Waals surface area contributed by atoms with Crippen LogP contribution in [0.3, 0.4) is 0 Å². The molecule has 11 nitrogen and oxygen atoms in total. The van der Waals surface area contributed by atoms with Crippen LogP contribution < -0.4 is 21.3 Å². The van der Waals surface area contributed by atoms with Crippen molar-refractivity contribution in [3.63, 3.8) is 0 Å². The van der Waals surface area contributed by atoms with Crippen LogP contribution in [-0.4, -0.2) is 61.6 Å². The van der Waals surface area contributed by atoms with E-state index < -0.39 is 5.91 Å². The molecule has 156 valence electrons. The molecule has 0 aromatic carbocycles. The normalized spacial score (nSPS) is 14.2. The number of imidazole rings is 1. The summed E-state index contributed by atoms with van der Waals surface area (Å²) >= 11 is 0. The second-order valence-electron chi connectivity index (χ2n) is 7.14. The predicted octanol–water partition coefficient (Wildman–Crippen LogP) is 0.613. The summed E-state index contributed by atoms with van der Waals surface area (Å²) in [7, 11) is 0. The highest BCUT2D eigenvalue weighted by Gasteiger charge is 2.22. The monoisotopic (exact) mass is 416 g/mol. The highest BCUT2D eigenvalue weighted by Crippen LogP contribution is 2.24. The van der Waals surface area contributed by atoms with Gasteiger partial charge in [0, 0.05) is 44.8 Å². The summed E-state index contributed by atoms with van der Waals surface area (Å²) in [5.74, 6) is 1.23. The van der Waals surface area contributed by atoms with Crippen molar-refractivity contribution in [3.05, 3.63) is 54.7 Å². The zero-order valence-electron chi connectivity index (χ0n) is 16.6. The van der Waals surface area contributed by atoms with Crippen LogP contribution in [0, 0.1) is 0 Å². The molecule has 4 aromatic rings. The second kappa shape index (κ2) is 7.52. The summed E-state index contributed by atoms with van der Waals surface area (Å²) in [6.45, 7) is 2.86. The van der Waals surface area contributed by atoms with Crippen LogP contribution in [0.4, 0.5) is 17.6 Å². The van der Waals surface area contributed by atoms with Crippen LogP contribution in [-0.2, 0) is 0 Å². The van der Waals surface area contributed by atoms with Crippen LogP contribution in [0.15, 0.2) is 49.2 Å². The standard InChI is InChI=1S/C20H20N10O/c21-17-16-19(30(12-25-16)14-3-5-23-6-4-14)27-20(26-17)29-9-7-28(8-10-29)15-2-1-13(11-24-15)18(22)31/h1-6,11-12H,7-10H2,(H2,22,31)(H2,21,26,27). The van der Waals surface area contributed by atoms with Gasteiger partial charge in [0.25, 0.3) is 0 Å². The van der Waals surface area contributed by atoms with Crippen LogP contribution in [0.2, 0.25) is 0 Å². The van der Waals surface area contributed by atoms with E-state index in [4.69, 9.17) is 16.5 Å². The van der Waals surface area contributed by atoms with E-state index in [1.165, 1.54) is 6.20 Å². The van der Waals surface area contributed by atoms with Crippen molar-refractivity contribution in [1.29, 1.82) is 0 Å². The third-order valence-corrected chi connectivity index (χ3v) is 5.27. The van der Waals surface area contributed by atoms with Crippen molar-refractivity contribution in [1.82, 2.24) is 29.5 Å². The molecule has 5 heterocycles. The topological polar surface area (TPSA) is 145 Å². The molecule has 4 N–H and O–H groups in total. The minimum atomic E-state index is -0.486. The molecule has 1 aliphatic rings. The van der Waals surface area contributed by atoms with Gasteiger partial charge in [-0.15, -0.1) is 0 Å². The number of nitrogens with zero attached hydrogens (tertiary/aromatic N) is 8. The lowest BCUT2D eigenvalue weighted by Crippen LogP contribution is -2.47. The molecule has 0 saturated carbocycles. The van der Waals surface area contributed by atoms with Crippen molar-refractivity contribution in [3.8, 4) is 5.69 Å². The smallest absolute Gasteiger partial charge is 0.250 e. The number of carbonyl (C=O) groups is 1. The number of anilines is 3. The number of aromatic nitrogens is 6. The van der Waals surface area contributed by atoms with Gasteiger partial charge in [-0.05, 0) is 24.3 Å². The van der Waals surface area contributed by atoms with Crippen LogP contribution in [0.5, 0.6) is 0 Å². The van der Waals surface area contributed by atoms with Gasteiger partial charge in [-0.1, -0.05) is 0 Å². The summed E-state index contributed by atoms with van der Waals surface area (Å²) in [4.78, 5) is 37.5. The number of rotatable bonds is 4. The first-order valence-corrected chi connectivity index (χ1v) is 9.77. The lowest BCUT2D eigenvalue weighted by molar-refractivity contribution is 0.1000. The number of amides is 1. The second-order valence-corrected chi connectivity index (χ2v) is 7.14. The number of hydrogen-bond acceptors (Lipinski definition) is 9. The van der Waals surface area contributed by atoms with Crippen molar-refractivity contribution < 1.29 is 4.79 Å². The molecule has 0 atom stereocenters. The van der Waals surface area contributed by atoms with E-state index in [1.807, 2.05) is 22.8 Å². The van der Waals surface area contributed by atoms with Crippen LogP contribution in [0.1, 0.15) is 10.4 Å². The number of carbonyl (C=O) groups excluding carboxylic acids is 1. The van der Waals surface area contributed by atoms with Gasteiger partial charge < -0.3 is 21.3 Å². The third-order valence-electron chi connectivity index (χ3n) is 5.27. The van der Waals surface area contributed by atoms with E-state index in [9.17, 15) is 4.79 Å². The van der Waals surface area contributed by atoms with E-state index in [-0.39, 0.29) is 0 Å². The van der Waals surface area contributed by atoms with E-state index in [2.05, 4.69) is 29.7 Å². The molecule has 0 unspecified atom stereocenters. The van der Waals surface area contributed by atoms with Crippen molar-refractivity contribution in [2.75, 3.05) is 41.7 Å². The molecular weight excluding hydrogens is 396 g/mol. The number of pyridine rings is 2. The Hall–Kier alpha value is -4.28. The zero-order valence-corrected chi connectivity index (χ0v) is 16.6. The third kappa shape index (κ3) is 3.45. The number of fused-ring (bicyclic) bond motifs is 1. The van der Waals surface area contributed by atoms with Gasteiger partial charge in [0.1, 0.15) is 12.1 Å². The Morgan fingerprint density at radius 1 is 0.935 bits per heavy atom. The van der Waals surface area contributed by atoms with E-state index in [0.29, 0.717) is 41.6 Å². The van der Waals surface area contributed by atoms with Gasteiger partial charge in [0.2, 0.25) is 11.9 Å². The van der Waals surface area contributed by atoms with Gasteiger partial charge in [-0.2, -0.15) is 9.97 Å². The van der Waals surface area contributed by atoms with Gasteiger partial charge >= 0.3 is 0 Å². The molecule has 1 aliphatic heterocycles. The molecule has 0 radical (unpaired) electrons. The number of primary amides is 1. The van der Waals surface area contributed by atoms with Gasteiger partial charge in [0.15, 0.2) is 17.0 Å². The molecule has 31 heavy (non-hydrogen) atoms. The average Bonchev–Trinajstić information content (AvgIpc) is 3.24. The van der Waals surface area contributed by atoms with Crippen LogP contribution >= 0.6 is 0 Å². The molecule has 1 saturated heterocycles. The molecule has 1 fully saturated rings. The van der Waals surface area contributed by atoms with E-state index in [1.54, 1.807) is 24.8 Å². The molecule has 0 bridgehead atoms. The predicted molar refractivity (Wildman–Crippen MR) is 116 cm³/mol. The van der Waals surface area contributed by atoms with Crippen LogP contribution in [0.25, 0.3) is 16.9 Å². The SMILES string of the molecule is NC(=O)c1ccc(N2CCN(c3nc(N)c4ncn(-c5ccncc5)c4n3)CC2)nc1. The molecule has 5 rings (SSSR count). The fraction of sp³-hybridized carbons (Fsp3) is 0.200. The Morgan fingerprint density at radius 3 is 2.35 bits per heavy atom. The van der Waals surface area contributed by atoms with Crippen molar-refractivity contribution in [2.24, 2.45) is 5.73 Å². The number of nitrogen functional groups attached to an aromatic ring is 1. The fourth-order valence-electron chi connectivity index (χ4n) is 3.60. The molecule has 0 spiro atoms. The van der Waals surface area contributed by atoms with Gasteiger partial charge in [-0.25, -0.2) is 9.97 Å². The molecule has 4 aromatic heterocycles. The zero-order chi connectivity index (χ0) is 21.4. The summed E-state index contributed by atoms with van der Waals surface area (Å²) in [5, 5.41) is 0. The summed E-state index contributed by atoms with van der Waals surface area (Å²) < 4.78 is 1.87. The Bertz CT molecular complexity index is 1230. The lowest BCUT2D eigenvalue weighted by Gasteiger charge is -2.35. The average molecular weight is 416 g/mol.